The van der Waals surface area contributed by atoms with Crippen LogP contribution >= 0.6 is 11.6 Å². The molecule has 1 aromatic rings. The zero-order valence-corrected chi connectivity index (χ0v) is 12.1. The third-order valence-corrected chi connectivity index (χ3v) is 2.84. The van der Waals surface area contributed by atoms with Crippen molar-refractivity contribution in [1.29, 1.82) is 0 Å². The highest BCUT2D eigenvalue weighted by Gasteiger charge is 2.33. The minimum Gasteiger partial charge on any atom is -0.444 e. The number of nitrogens with zero attached hydrogens (tertiary/aromatic N) is 2. The van der Waals surface area contributed by atoms with Crippen LogP contribution in [0.15, 0.2) is 18.3 Å². The van der Waals surface area contributed by atoms with Gasteiger partial charge in [0.15, 0.2) is 0 Å². The standard InChI is InChI=1S/C13H18ClN3O2/c1-13(2,3)19-12(18)17-7-10(8-17)16-9-4-5-15-11(14)6-9/h4-6,10H,7-8H2,1-3H3,(H,15,16). The fourth-order valence-corrected chi connectivity index (χ4v) is 1.95. The number of nitrogens with one attached hydrogen (secondary N) is 1. The van der Waals surface area contributed by atoms with Crippen LogP contribution in [0.1, 0.15) is 20.8 Å². The van der Waals surface area contributed by atoms with Crippen LogP contribution in [0.3, 0.4) is 0 Å². The van der Waals surface area contributed by atoms with Crippen LogP contribution in [0.4, 0.5) is 10.5 Å². The van der Waals surface area contributed by atoms with Crippen LogP contribution in [0.2, 0.25) is 5.15 Å². The minimum absolute atomic E-state index is 0.228. The minimum atomic E-state index is -0.450. The Bertz CT molecular complexity index is 467. The van der Waals surface area contributed by atoms with E-state index in [1.807, 2.05) is 26.8 Å². The molecule has 6 heteroatoms. The summed E-state index contributed by atoms with van der Waals surface area (Å²) in [6, 6.07) is 3.84. The number of halogens is 1. The molecule has 104 valence electrons. The molecule has 1 N–H and O–H groups in total. The molecule has 0 aliphatic carbocycles. The van der Waals surface area contributed by atoms with Crippen molar-refractivity contribution in [3.8, 4) is 0 Å². The van der Waals surface area contributed by atoms with Crippen LogP contribution in [-0.4, -0.2) is 40.7 Å². The van der Waals surface area contributed by atoms with E-state index in [0.717, 1.165) is 5.69 Å². The first-order chi connectivity index (χ1) is 8.83. The maximum atomic E-state index is 11.7. The molecule has 0 unspecified atom stereocenters. The lowest BCUT2D eigenvalue weighted by molar-refractivity contribution is 0.0105. The number of pyridine rings is 1. The number of rotatable bonds is 2. The van der Waals surface area contributed by atoms with Crippen molar-refractivity contribution in [2.45, 2.75) is 32.4 Å². The molecule has 0 spiro atoms. The quantitative estimate of drug-likeness (QED) is 0.848. The zero-order chi connectivity index (χ0) is 14.0. The van der Waals surface area contributed by atoms with Gasteiger partial charge in [0, 0.05) is 25.0 Å². The number of likely N-dealkylation sites (tertiary alicyclic amines) is 1. The molecular formula is C13H18ClN3O2. The lowest BCUT2D eigenvalue weighted by Gasteiger charge is -2.40. The molecule has 1 aliphatic rings. The average Bonchev–Trinajstić information content (AvgIpc) is 2.20. The van der Waals surface area contributed by atoms with Crippen molar-refractivity contribution in [1.82, 2.24) is 9.88 Å². The fraction of sp³-hybridized carbons (Fsp3) is 0.538. The Morgan fingerprint density at radius 2 is 2.21 bits per heavy atom. The first kappa shape index (κ1) is 13.9. The summed E-state index contributed by atoms with van der Waals surface area (Å²) >= 11 is 5.81. The Morgan fingerprint density at radius 1 is 1.53 bits per heavy atom. The molecule has 0 radical (unpaired) electrons. The Hall–Kier alpha value is -1.49. The van der Waals surface area contributed by atoms with Crippen LogP contribution in [0, 0.1) is 0 Å². The molecule has 0 bridgehead atoms. The van der Waals surface area contributed by atoms with Gasteiger partial charge in [0.25, 0.3) is 0 Å². The Kier molecular flexibility index (Phi) is 3.85. The van der Waals surface area contributed by atoms with Crippen molar-refractivity contribution in [3.05, 3.63) is 23.5 Å². The van der Waals surface area contributed by atoms with Crippen LogP contribution in [0.25, 0.3) is 0 Å². The summed E-state index contributed by atoms with van der Waals surface area (Å²) < 4.78 is 5.29. The number of amides is 1. The van der Waals surface area contributed by atoms with Gasteiger partial charge < -0.3 is 15.0 Å². The summed E-state index contributed by atoms with van der Waals surface area (Å²) in [6.07, 6.45) is 1.38. The normalized spacial score (nSPS) is 15.9. The van der Waals surface area contributed by atoms with E-state index in [1.165, 1.54) is 0 Å². The molecule has 0 aromatic carbocycles. The second kappa shape index (κ2) is 5.25. The number of aromatic nitrogens is 1. The van der Waals surface area contributed by atoms with Gasteiger partial charge in [0.2, 0.25) is 0 Å². The molecule has 1 fully saturated rings. The van der Waals surface area contributed by atoms with Crippen molar-refractivity contribution in [2.75, 3.05) is 18.4 Å². The summed E-state index contributed by atoms with van der Waals surface area (Å²) in [4.78, 5) is 17.3. The molecule has 19 heavy (non-hydrogen) atoms. The lowest BCUT2D eigenvalue weighted by atomic mass is 10.1. The molecule has 2 rings (SSSR count). The first-order valence-corrected chi connectivity index (χ1v) is 6.57. The van der Waals surface area contributed by atoms with E-state index in [9.17, 15) is 4.79 Å². The predicted octanol–water partition coefficient (Wildman–Crippen LogP) is 2.77. The van der Waals surface area contributed by atoms with E-state index in [4.69, 9.17) is 16.3 Å². The van der Waals surface area contributed by atoms with Gasteiger partial charge in [0.1, 0.15) is 10.8 Å². The van der Waals surface area contributed by atoms with E-state index in [1.54, 1.807) is 17.2 Å². The third kappa shape index (κ3) is 3.99. The van der Waals surface area contributed by atoms with Gasteiger partial charge in [-0.15, -0.1) is 0 Å². The molecule has 2 heterocycles. The highest BCUT2D eigenvalue weighted by atomic mass is 35.5. The van der Waals surface area contributed by atoms with Crippen LogP contribution in [0.5, 0.6) is 0 Å². The number of hydrogen-bond donors (Lipinski definition) is 1. The molecule has 0 saturated carbocycles. The summed E-state index contributed by atoms with van der Waals surface area (Å²) in [6.45, 7) is 6.85. The number of ether oxygens (including phenoxy) is 1. The molecule has 1 aliphatic heterocycles. The van der Waals surface area contributed by atoms with Crippen molar-refractivity contribution < 1.29 is 9.53 Å². The predicted molar refractivity (Wildman–Crippen MR) is 74.5 cm³/mol. The molecule has 0 atom stereocenters. The fourth-order valence-electron chi connectivity index (χ4n) is 1.77. The number of hydrogen-bond acceptors (Lipinski definition) is 4. The van der Waals surface area contributed by atoms with Crippen molar-refractivity contribution in [3.63, 3.8) is 0 Å². The maximum Gasteiger partial charge on any atom is 0.410 e. The lowest BCUT2D eigenvalue weighted by Crippen LogP contribution is -2.57. The Balaban J connectivity index is 1.79. The second-order valence-electron chi connectivity index (χ2n) is 5.59. The maximum absolute atomic E-state index is 11.7. The highest BCUT2D eigenvalue weighted by molar-refractivity contribution is 6.29. The SMILES string of the molecule is CC(C)(C)OC(=O)N1CC(Nc2ccnc(Cl)c2)C1. The van der Waals surface area contributed by atoms with Gasteiger partial charge in [-0.3, -0.25) is 0 Å². The second-order valence-corrected chi connectivity index (χ2v) is 5.98. The summed E-state index contributed by atoms with van der Waals surface area (Å²) in [7, 11) is 0. The molecule has 5 nitrogen and oxygen atoms in total. The van der Waals surface area contributed by atoms with Gasteiger partial charge in [-0.25, -0.2) is 9.78 Å². The number of anilines is 1. The largest absolute Gasteiger partial charge is 0.444 e. The Labute approximate surface area is 117 Å². The summed E-state index contributed by atoms with van der Waals surface area (Å²) in [5.74, 6) is 0. The van der Waals surface area contributed by atoms with E-state index >= 15 is 0 Å². The summed E-state index contributed by atoms with van der Waals surface area (Å²) in [5.41, 5.74) is 0.461. The highest BCUT2D eigenvalue weighted by Crippen LogP contribution is 2.19. The van der Waals surface area contributed by atoms with Crippen molar-refractivity contribution in [2.24, 2.45) is 0 Å². The molecule has 1 saturated heterocycles. The van der Waals surface area contributed by atoms with Gasteiger partial charge in [-0.2, -0.15) is 0 Å². The molecular weight excluding hydrogens is 266 g/mol. The average molecular weight is 284 g/mol. The third-order valence-electron chi connectivity index (χ3n) is 2.63. The summed E-state index contributed by atoms with van der Waals surface area (Å²) in [5, 5.41) is 3.75. The zero-order valence-electron chi connectivity index (χ0n) is 11.3. The smallest absolute Gasteiger partial charge is 0.410 e. The number of carbonyl (C=O) groups is 1. The van der Waals surface area contributed by atoms with E-state index in [0.29, 0.717) is 18.2 Å². The van der Waals surface area contributed by atoms with Crippen molar-refractivity contribution >= 4 is 23.4 Å². The number of carbonyl (C=O) groups excluding carboxylic acids is 1. The Morgan fingerprint density at radius 3 is 2.79 bits per heavy atom. The van der Waals surface area contributed by atoms with E-state index in [2.05, 4.69) is 10.3 Å². The molecule has 1 amide bonds. The molecule has 1 aromatic heterocycles. The van der Waals surface area contributed by atoms with Crippen LogP contribution < -0.4 is 5.32 Å². The topological polar surface area (TPSA) is 54.5 Å². The van der Waals surface area contributed by atoms with Gasteiger partial charge in [-0.05, 0) is 32.9 Å². The first-order valence-electron chi connectivity index (χ1n) is 6.19. The van der Waals surface area contributed by atoms with Gasteiger partial charge >= 0.3 is 6.09 Å². The van der Waals surface area contributed by atoms with Crippen LogP contribution in [-0.2, 0) is 4.74 Å². The monoisotopic (exact) mass is 283 g/mol. The van der Waals surface area contributed by atoms with E-state index in [-0.39, 0.29) is 12.1 Å². The van der Waals surface area contributed by atoms with Gasteiger partial charge in [-0.1, -0.05) is 11.6 Å². The van der Waals surface area contributed by atoms with E-state index < -0.39 is 5.60 Å². The van der Waals surface area contributed by atoms with Gasteiger partial charge in [0.05, 0.1) is 6.04 Å².